The van der Waals surface area contributed by atoms with Crippen molar-refractivity contribution in [3.05, 3.63) is 57.8 Å². The molecule has 10 N–H and O–H groups in total. The predicted molar refractivity (Wildman–Crippen MR) is 267 cm³/mol. The number of rotatable bonds is 13. The number of hydrazone groups is 1. The van der Waals surface area contributed by atoms with Gasteiger partial charge >= 0.3 is 10.9 Å². The van der Waals surface area contributed by atoms with Crippen LogP contribution in [0.5, 0.6) is 0 Å². The van der Waals surface area contributed by atoms with Gasteiger partial charge in [0.05, 0.1) is 17.0 Å². The van der Waals surface area contributed by atoms with E-state index in [4.69, 9.17) is 4.52 Å². The van der Waals surface area contributed by atoms with Crippen molar-refractivity contribution in [2.45, 2.75) is 156 Å². The smallest absolute Gasteiger partial charge is 0.347 e. The number of hydrogen-bond donors (Lipinski definition) is 11. The van der Waals surface area contributed by atoms with Crippen molar-refractivity contribution in [1.29, 1.82) is 0 Å². The molecule has 7 heterocycles. The van der Waals surface area contributed by atoms with E-state index in [-0.39, 0.29) is 22.4 Å². The Bertz CT molecular complexity index is 2180. The zero-order valence-electron chi connectivity index (χ0n) is 39.7. The van der Waals surface area contributed by atoms with Gasteiger partial charge in [-0.05, 0) is 25.3 Å². The summed E-state index contributed by atoms with van der Waals surface area (Å²) in [6.07, 6.45) is 6.13. The maximum absolute atomic E-state index is 11.2. The fourth-order valence-electron chi connectivity index (χ4n) is 3.73. The summed E-state index contributed by atoms with van der Waals surface area (Å²) in [5.74, 6) is 2.79. The number of H-pyrrole nitrogens is 7. The molecule has 1 unspecified atom stereocenters. The Kier molecular flexibility index (Phi) is 30.7. The van der Waals surface area contributed by atoms with Crippen molar-refractivity contribution < 1.29 is 13.4 Å². The molecule has 0 spiro atoms. The standard InChI is InChI=1S/C6H11N3S.C6H9NO2.2C5H9N3OS.2C5H9N3S.C4H10N4S/c1-5(2)3-10-6-7-4-8-9-6;1-4(2)5-3-6(8)7-9-5;1-4(2)10(9)5-6-3-7-8-5;1-3(2)10-5-6-4(9)7-8-5;1-4(2)9-5-6-3-7-8-5;1-4(2)9-5-3-6-8-7-5;1-3(2)8-4(9)5-6-7-8/h4-5H,3H2,1-2H3,(H,7,8,9);3-4H,1-2H3,(H,7,8);3-4H,1-2H3,(H,6,7,8);3H,1-2H3,(H2,6,7,8,9);2*3-4H,1-2H3,(H,6,7,8);3,6-7H,1-2H3,(H,5,9)/p+1. The number of amidine groups is 1. The number of thioether (sulfide) groups is 4. The number of aromatic nitrogens is 16. The first kappa shape index (κ1) is 59.7. The number of hydrazine groups is 3. The summed E-state index contributed by atoms with van der Waals surface area (Å²) >= 11 is 10.7. The number of nitrogens with one attached hydrogen (secondary N) is 10. The fourth-order valence-corrected chi connectivity index (χ4v) is 7.59. The molecular formula is C36H67N20O4S6+. The molecule has 7 rings (SSSR count). The summed E-state index contributed by atoms with van der Waals surface area (Å²) in [5.41, 5.74) is 7.96. The van der Waals surface area contributed by atoms with Crippen LogP contribution in [0.25, 0.3) is 0 Å². The van der Waals surface area contributed by atoms with Crippen LogP contribution in [0.15, 0.2) is 71.0 Å². The molecular weight excluding hydrogens is 969 g/mol. The molecule has 24 nitrogen and oxygen atoms in total. The van der Waals surface area contributed by atoms with Crippen molar-refractivity contribution in [3.63, 3.8) is 0 Å². The van der Waals surface area contributed by atoms with Crippen LogP contribution in [0.3, 0.4) is 0 Å². The van der Waals surface area contributed by atoms with Crippen LogP contribution in [0.2, 0.25) is 0 Å². The Morgan fingerprint density at radius 3 is 1.68 bits per heavy atom. The lowest BCUT2D eigenvalue weighted by molar-refractivity contribution is -0.612. The quantitative estimate of drug-likeness (QED) is 0.0392. The van der Waals surface area contributed by atoms with E-state index in [2.05, 4.69) is 166 Å². The average Bonchev–Trinajstić information content (AvgIpc) is 4.08. The minimum atomic E-state index is -1.03. The van der Waals surface area contributed by atoms with Gasteiger partial charge in [-0.15, -0.1) is 26.6 Å². The maximum atomic E-state index is 11.2. The molecule has 0 amide bonds. The van der Waals surface area contributed by atoms with Crippen LogP contribution in [0, 0.1) is 5.92 Å². The summed E-state index contributed by atoms with van der Waals surface area (Å²) < 4.78 is 17.8. The Balaban J connectivity index is 0.000000385. The molecule has 0 bridgehead atoms. The third kappa shape index (κ3) is 28.6. The Morgan fingerprint density at radius 1 is 0.727 bits per heavy atom. The first-order valence-electron chi connectivity index (χ1n) is 20.6. The van der Waals surface area contributed by atoms with Gasteiger partial charge in [0.15, 0.2) is 15.5 Å². The SMILES string of the molecule is CC(C)CSc1ncn[nH]1.CC(C)S(=O)c1ncn[nH]1.CC(C)Sc1cn[nH]n1.CC(C)Sc1n[nH]c(=O)[nH]1.CC(C)Sc1ncn[nH]1.CC(C)[N+]1=C(S)NNN1.CC(C)c1cc(=O)[nH]o1. The van der Waals surface area contributed by atoms with Gasteiger partial charge in [0.2, 0.25) is 5.16 Å². The van der Waals surface area contributed by atoms with Gasteiger partial charge in [-0.2, -0.15) is 41.7 Å². The maximum Gasteiger partial charge on any atom is 0.347 e. The zero-order valence-corrected chi connectivity index (χ0v) is 44.7. The topological polar surface area (TPSA) is 330 Å². The molecule has 0 fully saturated rings. The summed E-state index contributed by atoms with van der Waals surface area (Å²) in [5, 5.41) is 43.9. The highest BCUT2D eigenvalue weighted by Gasteiger charge is 2.18. The molecule has 0 saturated heterocycles. The summed E-state index contributed by atoms with van der Waals surface area (Å²) in [6, 6.07) is 1.87. The molecule has 1 aliphatic heterocycles. The van der Waals surface area contributed by atoms with Gasteiger partial charge in [0, 0.05) is 38.7 Å². The van der Waals surface area contributed by atoms with Crippen LogP contribution in [-0.2, 0) is 10.8 Å². The third-order valence-corrected chi connectivity index (χ3v) is 12.2. The van der Waals surface area contributed by atoms with E-state index < -0.39 is 10.8 Å². The lowest BCUT2D eigenvalue weighted by atomic mass is 10.2. The van der Waals surface area contributed by atoms with Gasteiger partial charge in [0.1, 0.15) is 35.8 Å². The largest absolute Gasteiger partial charge is 0.383 e. The second-order valence-corrected chi connectivity index (χ2v) is 23.2. The van der Waals surface area contributed by atoms with Crippen LogP contribution in [0.1, 0.15) is 109 Å². The number of aromatic amines is 7. The molecule has 0 saturated carbocycles. The molecule has 30 heteroatoms. The second-order valence-electron chi connectivity index (χ2n) is 15.1. The molecule has 1 atom stereocenters. The normalized spacial score (nSPS) is 12.2. The van der Waals surface area contributed by atoms with Crippen molar-refractivity contribution in [3.8, 4) is 0 Å². The average molecular weight is 1040 g/mol. The number of thiol groups is 1. The first-order chi connectivity index (χ1) is 31.2. The van der Waals surface area contributed by atoms with E-state index in [1.165, 1.54) is 36.8 Å². The lowest BCUT2D eigenvalue weighted by Gasteiger charge is -2.02. The zero-order chi connectivity index (χ0) is 49.6. The molecule has 1 aliphatic rings. The molecule has 0 aliphatic carbocycles. The summed E-state index contributed by atoms with van der Waals surface area (Å²) in [4.78, 5) is 35.2. The van der Waals surface area contributed by atoms with E-state index in [1.54, 1.807) is 41.5 Å². The number of hydrogen-bond acceptors (Lipinski definition) is 20. The monoisotopic (exact) mass is 1040 g/mol. The van der Waals surface area contributed by atoms with E-state index >= 15 is 0 Å². The van der Waals surface area contributed by atoms with Gasteiger partial charge in [-0.3, -0.25) is 29.3 Å². The van der Waals surface area contributed by atoms with Crippen LogP contribution in [0.4, 0.5) is 0 Å². The van der Waals surface area contributed by atoms with E-state index in [0.29, 0.717) is 43.8 Å². The Labute approximate surface area is 409 Å². The third-order valence-electron chi connectivity index (χ3n) is 6.48. The lowest BCUT2D eigenvalue weighted by Crippen LogP contribution is -2.39. The molecule has 0 radical (unpaired) electrons. The first-order valence-corrected chi connectivity index (χ1v) is 25.9. The molecule has 6 aromatic rings. The van der Waals surface area contributed by atoms with Gasteiger partial charge in [-0.25, -0.2) is 24.8 Å². The molecule has 66 heavy (non-hydrogen) atoms. The molecule has 370 valence electrons. The highest BCUT2D eigenvalue weighted by molar-refractivity contribution is 8.00. The van der Waals surface area contributed by atoms with Crippen molar-refractivity contribution >= 4 is 75.6 Å². The van der Waals surface area contributed by atoms with Crippen LogP contribution >= 0.6 is 59.7 Å². The minimum Gasteiger partial charge on any atom is -0.383 e. The fraction of sp³-hybridized carbons (Fsp3) is 0.611. The van der Waals surface area contributed by atoms with E-state index in [0.717, 1.165) is 26.3 Å². The summed E-state index contributed by atoms with van der Waals surface area (Å²) in [6.45, 7) is 28.7. The van der Waals surface area contributed by atoms with Crippen molar-refractivity contribution in [2.24, 2.45) is 5.92 Å². The minimum absolute atomic E-state index is 0.0907. The van der Waals surface area contributed by atoms with Gasteiger partial charge in [-0.1, -0.05) is 131 Å². The molecule has 6 aromatic heterocycles. The van der Waals surface area contributed by atoms with Crippen LogP contribution < -0.4 is 27.7 Å². The number of nitrogens with zero attached hydrogens (tertiary/aromatic N) is 10. The van der Waals surface area contributed by atoms with Gasteiger partial charge < -0.3 is 4.52 Å². The highest BCUT2D eigenvalue weighted by atomic mass is 32.2. The van der Waals surface area contributed by atoms with Crippen LogP contribution in [-0.4, -0.2) is 128 Å². The van der Waals surface area contributed by atoms with Crippen molar-refractivity contribution in [2.75, 3.05) is 5.75 Å². The van der Waals surface area contributed by atoms with E-state index in [1.807, 2.05) is 46.2 Å². The van der Waals surface area contributed by atoms with E-state index in [9.17, 15) is 13.8 Å². The summed E-state index contributed by atoms with van der Waals surface area (Å²) in [7, 11) is -1.03. The molecule has 0 aromatic carbocycles. The predicted octanol–water partition coefficient (Wildman–Crippen LogP) is 5.39. The highest BCUT2D eigenvalue weighted by Crippen LogP contribution is 2.18. The van der Waals surface area contributed by atoms with Gasteiger partial charge in [0.25, 0.3) is 5.56 Å². The Morgan fingerprint density at radius 2 is 1.32 bits per heavy atom. The Hall–Kier alpha value is -4.36. The van der Waals surface area contributed by atoms with Crippen molar-refractivity contribution in [1.82, 2.24) is 97.8 Å². The second kappa shape index (κ2) is 34.0.